The second-order valence-corrected chi connectivity index (χ2v) is 9.04. The quantitative estimate of drug-likeness (QED) is 0.412. The fourth-order valence-electron chi connectivity index (χ4n) is 4.89. The number of aryl methyl sites for hydroxylation is 1. The van der Waals surface area contributed by atoms with Crippen LogP contribution in [0, 0.1) is 5.82 Å². The molecule has 36 heavy (non-hydrogen) atoms. The number of methoxy groups -OCH3 is 1. The van der Waals surface area contributed by atoms with Crippen LogP contribution >= 0.6 is 0 Å². The molecule has 0 amide bonds. The first-order valence-electron chi connectivity index (χ1n) is 11.8. The van der Waals surface area contributed by atoms with Crippen molar-refractivity contribution in [3.8, 4) is 17.0 Å². The molecule has 2 atom stereocenters. The third kappa shape index (κ3) is 3.91. The first kappa shape index (κ1) is 23.0. The van der Waals surface area contributed by atoms with Crippen LogP contribution in [0.2, 0.25) is 0 Å². The van der Waals surface area contributed by atoms with E-state index in [2.05, 4.69) is 30.6 Å². The van der Waals surface area contributed by atoms with Crippen molar-refractivity contribution in [3.05, 3.63) is 30.2 Å². The number of nitrogens with zero attached hydrogens (tertiary/aromatic N) is 7. The van der Waals surface area contributed by atoms with Crippen LogP contribution < -0.4 is 10.1 Å². The SMILES string of the molecule is COc1nc(NC2CCN(C3COC3)C[C@@H]2F)nn2cc(F)c(-c3ccc4nnn(CCF)c4c3)c12. The molecular formula is C23H25F3N8O2. The Hall–Kier alpha value is -3.45. The van der Waals surface area contributed by atoms with Gasteiger partial charge in [0.05, 0.1) is 56.2 Å². The van der Waals surface area contributed by atoms with Gasteiger partial charge in [-0.1, -0.05) is 11.3 Å². The zero-order valence-electron chi connectivity index (χ0n) is 19.6. The number of fused-ring (bicyclic) bond motifs is 2. The topological polar surface area (TPSA) is 94.6 Å². The van der Waals surface area contributed by atoms with Crippen molar-refractivity contribution >= 4 is 22.5 Å². The van der Waals surface area contributed by atoms with Crippen LogP contribution in [0.1, 0.15) is 6.42 Å². The third-order valence-corrected chi connectivity index (χ3v) is 6.87. The molecule has 190 valence electrons. The Bertz CT molecular complexity index is 1410. The molecular weight excluding hydrogens is 477 g/mol. The molecule has 0 aliphatic carbocycles. The number of anilines is 1. The predicted octanol–water partition coefficient (Wildman–Crippen LogP) is 2.48. The Kier molecular flexibility index (Phi) is 5.88. The maximum absolute atomic E-state index is 15.3. The number of likely N-dealkylation sites (tertiary alicyclic amines) is 1. The van der Waals surface area contributed by atoms with E-state index < -0.39 is 24.7 Å². The highest BCUT2D eigenvalue weighted by Crippen LogP contribution is 2.35. The molecule has 1 aromatic carbocycles. The highest BCUT2D eigenvalue weighted by atomic mass is 19.1. The van der Waals surface area contributed by atoms with Crippen LogP contribution in [-0.4, -0.2) is 92.8 Å². The Morgan fingerprint density at radius 1 is 1.28 bits per heavy atom. The van der Waals surface area contributed by atoms with Gasteiger partial charge >= 0.3 is 0 Å². The maximum Gasteiger partial charge on any atom is 0.244 e. The minimum Gasteiger partial charge on any atom is -0.479 e. The molecule has 13 heteroatoms. The number of hydrogen-bond acceptors (Lipinski definition) is 8. The summed E-state index contributed by atoms with van der Waals surface area (Å²) in [7, 11) is 1.43. The van der Waals surface area contributed by atoms with E-state index in [-0.39, 0.29) is 30.0 Å². The summed E-state index contributed by atoms with van der Waals surface area (Å²) < 4.78 is 56.6. The normalized spacial score (nSPS) is 21.2. The van der Waals surface area contributed by atoms with Gasteiger partial charge < -0.3 is 14.8 Å². The van der Waals surface area contributed by atoms with E-state index in [1.54, 1.807) is 18.2 Å². The molecule has 3 aromatic heterocycles. The number of halogens is 3. The van der Waals surface area contributed by atoms with Crippen molar-refractivity contribution in [1.82, 2.24) is 34.5 Å². The molecule has 0 spiro atoms. The molecule has 2 aliphatic heterocycles. The first-order chi connectivity index (χ1) is 17.6. The molecule has 1 unspecified atom stereocenters. The van der Waals surface area contributed by atoms with E-state index in [1.807, 2.05) is 0 Å². The Morgan fingerprint density at radius 2 is 2.14 bits per heavy atom. The van der Waals surface area contributed by atoms with E-state index in [1.165, 1.54) is 22.5 Å². The lowest BCUT2D eigenvalue weighted by Gasteiger charge is -2.42. The second-order valence-electron chi connectivity index (χ2n) is 9.04. The number of ether oxygens (including phenoxy) is 2. The molecule has 2 aliphatic rings. The van der Waals surface area contributed by atoms with E-state index in [9.17, 15) is 8.78 Å². The van der Waals surface area contributed by atoms with Crippen molar-refractivity contribution < 1.29 is 22.6 Å². The zero-order chi connectivity index (χ0) is 24.8. The molecule has 1 N–H and O–H groups in total. The number of hydrogen-bond donors (Lipinski definition) is 1. The average molecular weight is 503 g/mol. The van der Waals surface area contributed by atoms with Gasteiger partial charge in [0.1, 0.15) is 23.9 Å². The highest BCUT2D eigenvalue weighted by Gasteiger charge is 2.36. The summed E-state index contributed by atoms with van der Waals surface area (Å²) in [5.74, 6) is -0.251. The summed E-state index contributed by atoms with van der Waals surface area (Å²) in [4.78, 5) is 6.52. The predicted molar refractivity (Wildman–Crippen MR) is 125 cm³/mol. The van der Waals surface area contributed by atoms with Crippen molar-refractivity contribution in [1.29, 1.82) is 0 Å². The van der Waals surface area contributed by atoms with Crippen LogP contribution in [0.3, 0.4) is 0 Å². The minimum atomic E-state index is -1.11. The smallest absolute Gasteiger partial charge is 0.244 e. The van der Waals surface area contributed by atoms with E-state index in [4.69, 9.17) is 9.47 Å². The monoisotopic (exact) mass is 502 g/mol. The number of aromatic nitrogens is 6. The van der Waals surface area contributed by atoms with E-state index >= 15 is 4.39 Å². The summed E-state index contributed by atoms with van der Waals surface area (Å²) in [6.45, 7) is 1.78. The fourth-order valence-corrected chi connectivity index (χ4v) is 4.89. The summed E-state index contributed by atoms with van der Waals surface area (Å²) in [5.41, 5.74) is 2.22. The van der Waals surface area contributed by atoms with Crippen molar-refractivity contribution in [3.63, 3.8) is 0 Å². The minimum absolute atomic E-state index is 0.0450. The van der Waals surface area contributed by atoms with Crippen molar-refractivity contribution in [2.75, 3.05) is 45.4 Å². The average Bonchev–Trinajstić information content (AvgIpc) is 3.39. The van der Waals surface area contributed by atoms with Crippen LogP contribution in [-0.2, 0) is 11.3 Å². The van der Waals surface area contributed by atoms with Crippen molar-refractivity contribution in [2.45, 2.75) is 31.2 Å². The second kappa shape index (κ2) is 9.21. The Labute approximate surface area is 204 Å². The highest BCUT2D eigenvalue weighted by molar-refractivity contribution is 5.89. The van der Waals surface area contributed by atoms with Gasteiger partial charge in [-0.2, -0.15) is 4.98 Å². The molecule has 10 nitrogen and oxygen atoms in total. The van der Waals surface area contributed by atoms with E-state index in [0.717, 1.165) is 6.54 Å². The number of rotatable bonds is 7. The number of nitrogens with one attached hydrogen (secondary N) is 1. The van der Waals surface area contributed by atoms with Gasteiger partial charge in [0.2, 0.25) is 11.8 Å². The molecule has 0 bridgehead atoms. The van der Waals surface area contributed by atoms with Gasteiger partial charge in [-0.15, -0.1) is 10.2 Å². The largest absolute Gasteiger partial charge is 0.479 e. The molecule has 0 saturated carbocycles. The first-order valence-corrected chi connectivity index (χ1v) is 11.8. The van der Waals surface area contributed by atoms with Crippen LogP contribution in [0.5, 0.6) is 5.88 Å². The van der Waals surface area contributed by atoms with Gasteiger partial charge in [0.15, 0.2) is 5.82 Å². The van der Waals surface area contributed by atoms with E-state index in [0.29, 0.717) is 48.3 Å². The number of alkyl halides is 2. The van der Waals surface area contributed by atoms with Gasteiger partial charge in [0, 0.05) is 13.1 Å². The number of piperidine rings is 1. The lowest BCUT2D eigenvalue weighted by molar-refractivity contribution is -0.0794. The summed E-state index contributed by atoms with van der Waals surface area (Å²) in [6, 6.07) is 4.90. The van der Waals surface area contributed by atoms with Gasteiger partial charge in [-0.25, -0.2) is 22.4 Å². The van der Waals surface area contributed by atoms with Gasteiger partial charge in [0.25, 0.3) is 0 Å². The Morgan fingerprint density at radius 3 is 2.86 bits per heavy atom. The van der Waals surface area contributed by atoms with Crippen LogP contribution in [0.15, 0.2) is 24.4 Å². The molecule has 0 radical (unpaired) electrons. The Balaban J connectivity index is 1.32. The summed E-state index contributed by atoms with van der Waals surface area (Å²) in [5, 5.41) is 15.4. The third-order valence-electron chi connectivity index (χ3n) is 6.87. The van der Waals surface area contributed by atoms with Gasteiger partial charge in [-0.05, 0) is 24.1 Å². The fraction of sp³-hybridized carbons (Fsp3) is 0.478. The van der Waals surface area contributed by atoms with Crippen LogP contribution in [0.4, 0.5) is 19.1 Å². The molecule has 5 heterocycles. The summed E-state index contributed by atoms with van der Waals surface area (Å²) in [6.07, 6.45) is 0.692. The summed E-state index contributed by atoms with van der Waals surface area (Å²) >= 11 is 0. The maximum atomic E-state index is 15.3. The van der Waals surface area contributed by atoms with Crippen molar-refractivity contribution in [2.24, 2.45) is 0 Å². The standard InChI is InChI=1S/C23H25F3N8O2/c1-35-22-21-20(13-2-3-18-19(8-13)33(7-5-24)31-29-18)16(26)10-34(21)30-23(28-22)27-17-4-6-32(9-15(17)25)14-11-36-12-14/h2-3,8,10,14-15,17H,4-7,9,11-12H2,1H3,(H,27,30)/t15-,17?/m0/s1. The zero-order valence-corrected chi connectivity index (χ0v) is 19.6. The molecule has 2 fully saturated rings. The molecule has 2 saturated heterocycles. The molecule has 4 aromatic rings. The lowest BCUT2D eigenvalue weighted by Crippen LogP contribution is -2.57. The molecule has 6 rings (SSSR count). The lowest BCUT2D eigenvalue weighted by atomic mass is 10.0. The van der Waals surface area contributed by atoms with Crippen LogP contribution in [0.25, 0.3) is 27.7 Å². The number of benzene rings is 1. The van der Waals surface area contributed by atoms with Gasteiger partial charge in [-0.3, -0.25) is 4.90 Å².